The Morgan fingerprint density at radius 1 is 1.50 bits per heavy atom. The number of nitrogens with one attached hydrogen (secondary N) is 2. The zero-order chi connectivity index (χ0) is 14.8. The first-order valence-electron chi connectivity index (χ1n) is 6.70. The molecule has 2 N–H and O–H groups in total. The van der Waals surface area contributed by atoms with Gasteiger partial charge in [-0.1, -0.05) is 26.8 Å². The lowest BCUT2D eigenvalue weighted by atomic mass is 9.85. The lowest BCUT2D eigenvalue weighted by molar-refractivity contribution is -0.122. The SMILES string of the molecule is Cc1cc(CC(=O)N[C@H](c2cccs2)C(C)(C)C)n[nH]1. The minimum Gasteiger partial charge on any atom is -0.348 e. The summed E-state index contributed by atoms with van der Waals surface area (Å²) in [6.07, 6.45) is 0.308. The van der Waals surface area contributed by atoms with Crippen LogP contribution < -0.4 is 5.32 Å². The largest absolute Gasteiger partial charge is 0.348 e. The first-order chi connectivity index (χ1) is 9.36. The predicted octanol–water partition coefficient (Wildman–Crippen LogP) is 3.23. The number of thiophene rings is 1. The third-order valence-electron chi connectivity index (χ3n) is 3.10. The molecule has 1 atom stereocenters. The van der Waals surface area contributed by atoms with Crippen molar-refractivity contribution >= 4 is 17.2 Å². The van der Waals surface area contributed by atoms with Crippen molar-refractivity contribution in [2.24, 2.45) is 5.41 Å². The van der Waals surface area contributed by atoms with Crippen LogP contribution in [0.4, 0.5) is 0 Å². The van der Waals surface area contributed by atoms with Crippen LogP contribution in [0.1, 0.15) is 43.1 Å². The molecule has 0 bridgehead atoms. The van der Waals surface area contributed by atoms with E-state index in [1.807, 2.05) is 24.4 Å². The number of aryl methyl sites for hydroxylation is 1. The molecule has 108 valence electrons. The minimum absolute atomic E-state index is 0.00447. The number of nitrogens with zero attached hydrogens (tertiary/aromatic N) is 1. The number of aromatic nitrogens is 2. The number of aromatic amines is 1. The highest BCUT2D eigenvalue weighted by molar-refractivity contribution is 7.10. The lowest BCUT2D eigenvalue weighted by Gasteiger charge is -2.30. The van der Waals surface area contributed by atoms with Gasteiger partial charge in [-0.25, -0.2) is 0 Å². The topological polar surface area (TPSA) is 57.8 Å². The molecule has 0 saturated heterocycles. The Hall–Kier alpha value is -1.62. The fraction of sp³-hybridized carbons (Fsp3) is 0.467. The minimum atomic E-state index is -0.0258. The molecule has 0 radical (unpaired) electrons. The Bertz CT molecular complexity index is 566. The summed E-state index contributed by atoms with van der Waals surface area (Å²) in [4.78, 5) is 13.4. The maximum Gasteiger partial charge on any atom is 0.226 e. The molecule has 0 fully saturated rings. The van der Waals surface area contributed by atoms with Gasteiger partial charge >= 0.3 is 0 Å². The first kappa shape index (κ1) is 14.8. The molecule has 1 amide bonds. The first-order valence-corrected chi connectivity index (χ1v) is 7.58. The summed E-state index contributed by atoms with van der Waals surface area (Å²) in [6.45, 7) is 8.33. The van der Waals surface area contributed by atoms with Crippen LogP contribution in [0.3, 0.4) is 0 Å². The van der Waals surface area contributed by atoms with Gasteiger partial charge < -0.3 is 5.32 Å². The van der Waals surface area contributed by atoms with E-state index >= 15 is 0 Å². The van der Waals surface area contributed by atoms with E-state index in [0.717, 1.165) is 11.4 Å². The summed E-state index contributed by atoms with van der Waals surface area (Å²) in [5, 5.41) is 12.1. The van der Waals surface area contributed by atoms with Gasteiger partial charge in [0.15, 0.2) is 0 Å². The van der Waals surface area contributed by atoms with E-state index in [9.17, 15) is 4.79 Å². The van der Waals surface area contributed by atoms with Crippen LogP contribution in [0.25, 0.3) is 0 Å². The average molecular weight is 291 g/mol. The van der Waals surface area contributed by atoms with E-state index in [-0.39, 0.29) is 17.4 Å². The van der Waals surface area contributed by atoms with E-state index in [0.29, 0.717) is 6.42 Å². The fourth-order valence-electron chi connectivity index (χ4n) is 2.11. The summed E-state index contributed by atoms with van der Waals surface area (Å²) in [5.41, 5.74) is 1.72. The van der Waals surface area contributed by atoms with Crippen molar-refractivity contribution in [2.75, 3.05) is 0 Å². The van der Waals surface area contributed by atoms with Crippen molar-refractivity contribution in [2.45, 2.75) is 40.2 Å². The van der Waals surface area contributed by atoms with Crippen LogP contribution >= 0.6 is 11.3 Å². The highest BCUT2D eigenvalue weighted by Crippen LogP contribution is 2.35. The van der Waals surface area contributed by atoms with Gasteiger partial charge in [0.05, 0.1) is 18.2 Å². The molecule has 2 aromatic heterocycles. The molecule has 0 saturated carbocycles. The van der Waals surface area contributed by atoms with Crippen molar-refractivity contribution in [3.63, 3.8) is 0 Å². The summed E-state index contributed by atoms with van der Waals surface area (Å²) in [7, 11) is 0. The molecule has 0 aromatic carbocycles. The number of hydrogen-bond acceptors (Lipinski definition) is 3. The molecule has 20 heavy (non-hydrogen) atoms. The normalized spacial score (nSPS) is 13.2. The van der Waals surface area contributed by atoms with Gasteiger partial charge in [-0.15, -0.1) is 11.3 Å². The van der Waals surface area contributed by atoms with Gasteiger partial charge in [0.2, 0.25) is 5.91 Å². The summed E-state index contributed by atoms with van der Waals surface area (Å²) >= 11 is 1.67. The van der Waals surface area contributed by atoms with Crippen molar-refractivity contribution in [1.29, 1.82) is 0 Å². The molecule has 0 aliphatic carbocycles. The molecule has 0 spiro atoms. The Balaban J connectivity index is 2.06. The summed E-state index contributed by atoms with van der Waals surface area (Å²) in [6, 6.07) is 6.01. The monoisotopic (exact) mass is 291 g/mol. The van der Waals surface area contributed by atoms with E-state index in [2.05, 4.69) is 42.4 Å². The van der Waals surface area contributed by atoms with Gasteiger partial charge in [0, 0.05) is 10.6 Å². The van der Waals surface area contributed by atoms with Gasteiger partial charge in [0.25, 0.3) is 0 Å². The summed E-state index contributed by atoms with van der Waals surface area (Å²) < 4.78 is 0. The van der Waals surface area contributed by atoms with Crippen molar-refractivity contribution in [3.8, 4) is 0 Å². The molecule has 5 heteroatoms. The molecule has 4 nitrogen and oxygen atoms in total. The Morgan fingerprint density at radius 3 is 2.75 bits per heavy atom. The Labute approximate surface area is 123 Å². The smallest absolute Gasteiger partial charge is 0.226 e. The number of carbonyl (C=O) groups excluding carboxylic acids is 1. The van der Waals surface area contributed by atoms with Crippen LogP contribution in [0, 0.1) is 12.3 Å². The van der Waals surface area contributed by atoms with E-state index < -0.39 is 0 Å². The van der Waals surface area contributed by atoms with E-state index in [1.165, 1.54) is 4.88 Å². The maximum absolute atomic E-state index is 12.2. The van der Waals surface area contributed by atoms with Crippen LogP contribution in [-0.4, -0.2) is 16.1 Å². The zero-order valence-corrected chi connectivity index (χ0v) is 13.2. The van der Waals surface area contributed by atoms with E-state index in [1.54, 1.807) is 11.3 Å². The van der Waals surface area contributed by atoms with Crippen LogP contribution in [0.2, 0.25) is 0 Å². The number of amides is 1. The molecule has 0 unspecified atom stereocenters. The van der Waals surface area contributed by atoms with Gasteiger partial charge in [0.1, 0.15) is 0 Å². The second-order valence-corrected chi connectivity index (χ2v) is 7.08. The van der Waals surface area contributed by atoms with Crippen molar-refractivity contribution in [3.05, 3.63) is 39.8 Å². The molecule has 0 aliphatic rings. The maximum atomic E-state index is 12.2. The highest BCUT2D eigenvalue weighted by Gasteiger charge is 2.28. The zero-order valence-electron chi connectivity index (χ0n) is 12.4. The number of hydrogen-bond donors (Lipinski definition) is 2. The number of carbonyl (C=O) groups is 1. The quantitative estimate of drug-likeness (QED) is 0.908. The standard InChI is InChI=1S/C15H21N3OS/c1-10-8-11(18-17-10)9-13(19)16-14(15(2,3)4)12-6-5-7-20-12/h5-8,14H,9H2,1-4H3,(H,16,19)(H,17,18)/t14-/m1/s1. The van der Waals surface area contributed by atoms with Crippen molar-refractivity contribution in [1.82, 2.24) is 15.5 Å². The van der Waals surface area contributed by atoms with Crippen LogP contribution in [0.5, 0.6) is 0 Å². The number of rotatable bonds is 4. The fourth-order valence-corrected chi connectivity index (χ4v) is 3.13. The third kappa shape index (κ3) is 3.70. The molecule has 2 rings (SSSR count). The molecular weight excluding hydrogens is 270 g/mol. The molecule has 2 heterocycles. The molecule has 2 aromatic rings. The van der Waals surface area contributed by atoms with Crippen LogP contribution in [-0.2, 0) is 11.2 Å². The van der Waals surface area contributed by atoms with Crippen molar-refractivity contribution < 1.29 is 4.79 Å². The van der Waals surface area contributed by atoms with Gasteiger partial charge in [-0.05, 0) is 29.9 Å². The molecule has 0 aliphatic heterocycles. The summed E-state index contributed by atoms with van der Waals surface area (Å²) in [5.74, 6) is 0.00447. The molecular formula is C15H21N3OS. The average Bonchev–Trinajstić information content (AvgIpc) is 2.96. The Morgan fingerprint density at radius 2 is 2.25 bits per heavy atom. The predicted molar refractivity (Wildman–Crippen MR) is 81.7 cm³/mol. The third-order valence-corrected chi connectivity index (χ3v) is 4.04. The van der Waals surface area contributed by atoms with Gasteiger partial charge in [-0.2, -0.15) is 5.10 Å². The van der Waals surface area contributed by atoms with Gasteiger partial charge in [-0.3, -0.25) is 9.89 Å². The lowest BCUT2D eigenvalue weighted by Crippen LogP contribution is -2.37. The number of H-pyrrole nitrogens is 1. The highest BCUT2D eigenvalue weighted by atomic mass is 32.1. The Kier molecular flexibility index (Phi) is 4.28. The van der Waals surface area contributed by atoms with E-state index in [4.69, 9.17) is 0 Å². The second kappa shape index (κ2) is 5.79. The van der Waals surface area contributed by atoms with Crippen LogP contribution in [0.15, 0.2) is 23.6 Å². The second-order valence-electron chi connectivity index (χ2n) is 6.10.